The molecule has 0 N–H and O–H groups in total. The van der Waals surface area contributed by atoms with Crippen LogP contribution in [-0.2, 0) is 11.3 Å². The van der Waals surface area contributed by atoms with Gasteiger partial charge in [-0.15, -0.1) is 0 Å². The highest BCUT2D eigenvalue weighted by molar-refractivity contribution is 5.94. The van der Waals surface area contributed by atoms with Gasteiger partial charge in [-0.2, -0.15) is 0 Å². The molecule has 4 nitrogen and oxygen atoms in total. The van der Waals surface area contributed by atoms with E-state index in [9.17, 15) is 4.79 Å². The SMILES string of the molecule is O=C(c1ccc(CN2CCOCC2)cc1)N1CC2CC3CC(C2)CC1C3. The average Bonchev–Trinajstić information content (AvgIpc) is 2.86. The van der Waals surface area contributed by atoms with E-state index in [1.54, 1.807) is 0 Å². The zero-order valence-electron chi connectivity index (χ0n) is 15.6. The topological polar surface area (TPSA) is 32.8 Å². The van der Waals surface area contributed by atoms with Crippen LogP contribution in [0.5, 0.6) is 0 Å². The van der Waals surface area contributed by atoms with Crippen molar-refractivity contribution in [3.8, 4) is 0 Å². The third kappa shape index (κ3) is 3.29. The number of nitrogens with zero attached hydrogens (tertiary/aromatic N) is 2. The number of carbonyl (C=O) groups is 1. The fourth-order valence-corrected chi connectivity index (χ4v) is 5.97. The van der Waals surface area contributed by atoms with Gasteiger partial charge in [-0.25, -0.2) is 0 Å². The molecular formula is C22H30N2O2. The summed E-state index contributed by atoms with van der Waals surface area (Å²) in [5.74, 6) is 2.77. The number of benzene rings is 1. The molecule has 0 aromatic heterocycles. The molecule has 0 radical (unpaired) electrons. The summed E-state index contributed by atoms with van der Waals surface area (Å²) in [4.78, 5) is 17.9. The standard InChI is InChI=1S/C22H30N2O2/c25-22(24-15-19-10-17-9-18(11-19)13-21(24)12-17)20-3-1-16(2-4-20)14-23-5-7-26-8-6-23/h1-4,17-19,21H,5-15H2. The Balaban J connectivity index is 1.28. The molecule has 2 saturated carbocycles. The van der Waals surface area contributed by atoms with E-state index in [1.807, 2.05) is 12.1 Å². The first-order valence-corrected chi connectivity index (χ1v) is 10.4. The molecule has 2 atom stereocenters. The first-order chi connectivity index (χ1) is 12.7. The number of hydrogen-bond donors (Lipinski definition) is 0. The number of fused-ring (bicyclic) bond motifs is 1. The lowest BCUT2D eigenvalue weighted by molar-refractivity contribution is 0.0342. The lowest BCUT2D eigenvalue weighted by Crippen LogP contribution is -2.42. The summed E-state index contributed by atoms with van der Waals surface area (Å²) < 4.78 is 5.42. The van der Waals surface area contributed by atoms with E-state index in [0.29, 0.717) is 6.04 Å². The maximum absolute atomic E-state index is 13.2. The highest BCUT2D eigenvalue weighted by atomic mass is 16.5. The zero-order chi connectivity index (χ0) is 17.5. The Morgan fingerprint density at radius 2 is 1.58 bits per heavy atom. The minimum atomic E-state index is 0.265. The van der Waals surface area contributed by atoms with Gasteiger partial charge in [-0.05, 0) is 67.6 Å². The number of ether oxygens (including phenoxy) is 1. The van der Waals surface area contributed by atoms with Crippen LogP contribution in [0.2, 0.25) is 0 Å². The average molecular weight is 354 g/mol. The van der Waals surface area contributed by atoms with Gasteiger partial charge >= 0.3 is 0 Å². The summed E-state index contributed by atoms with van der Waals surface area (Å²) in [5.41, 5.74) is 2.16. The van der Waals surface area contributed by atoms with Crippen molar-refractivity contribution in [2.45, 2.75) is 44.7 Å². The van der Waals surface area contributed by atoms with Gasteiger partial charge in [0.05, 0.1) is 13.2 Å². The van der Waals surface area contributed by atoms with Crippen molar-refractivity contribution in [3.05, 3.63) is 35.4 Å². The molecule has 26 heavy (non-hydrogen) atoms. The van der Waals surface area contributed by atoms with Crippen LogP contribution in [0.1, 0.15) is 48.0 Å². The van der Waals surface area contributed by atoms with Crippen LogP contribution in [0.4, 0.5) is 0 Å². The summed E-state index contributed by atoms with van der Waals surface area (Å²) in [5, 5.41) is 0. The summed E-state index contributed by atoms with van der Waals surface area (Å²) in [6.07, 6.45) is 6.62. The van der Waals surface area contributed by atoms with Gasteiger partial charge in [-0.3, -0.25) is 9.69 Å². The number of rotatable bonds is 3. The molecule has 1 aromatic carbocycles. The number of hydrogen-bond acceptors (Lipinski definition) is 3. The lowest BCUT2D eigenvalue weighted by atomic mass is 9.68. The second-order valence-electron chi connectivity index (χ2n) is 8.97. The van der Waals surface area contributed by atoms with Crippen LogP contribution in [0.3, 0.4) is 0 Å². The molecule has 0 spiro atoms. The highest BCUT2D eigenvalue weighted by Gasteiger charge is 2.44. The van der Waals surface area contributed by atoms with Crippen LogP contribution in [0.25, 0.3) is 0 Å². The zero-order valence-corrected chi connectivity index (χ0v) is 15.6. The van der Waals surface area contributed by atoms with Gasteiger partial charge < -0.3 is 9.64 Å². The lowest BCUT2D eigenvalue weighted by Gasteiger charge is -2.39. The number of carbonyl (C=O) groups excluding carboxylic acids is 1. The second-order valence-corrected chi connectivity index (χ2v) is 8.97. The second kappa shape index (κ2) is 6.97. The van der Waals surface area contributed by atoms with Gasteiger partial charge in [0.1, 0.15) is 0 Å². The molecule has 4 heteroatoms. The molecule has 5 fully saturated rings. The quantitative estimate of drug-likeness (QED) is 0.836. The molecule has 4 bridgehead atoms. The monoisotopic (exact) mass is 354 g/mol. The summed E-state index contributed by atoms with van der Waals surface area (Å²) in [7, 11) is 0. The normalized spacial score (nSPS) is 34.1. The Morgan fingerprint density at radius 1 is 0.923 bits per heavy atom. The summed E-state index contributed by atoms with van der Waals surface area (Å²) in [6, 6.07) is 8.88. The maximum Gasteiger partial charge on any atom is 0.254 e. The molecule has 2 aliphatic carbocycles. The third-order valence-electron chi connectivity index (χ3n) is 7.08. The Kier molecular flexibility index (Phi) is 4.49. The van der Waals surface area contributed by atoms with Crippen LogP contribution >= 0.6 is 0 Å². The van der Waals surface area contributed by atoms with Crippen molar-refractivity contribution < 1.29 is 9.53 Å². The number of morpholine rings is 1. The molecule has 3 saturated heterocycles. The fourth-order valence-electron chi connectivity index (χ4n) is 5.97. The van der Waals surface area contributed by atoms with Crippen LogP contribution < -0.4 is 0 Å². The molecule has 5 aliphatic rings. The molecule has 1 amide bonds. The molecule has 140 valence electrons. The Bertz CT molecular complexity index is 639. The van der Waals surface area contributed by atoms with E-state index in [2.05, 4.69) is 21.9 Å². The molecule has 6 rings (SSSR count). The van der Waals surface area contributed by atoms with Gasteiger partial charge in [0.2, 0.25) is 0 Å². The maximum atomic E-state index is 13.2. The molecule has 2 unspecified atom stereocenters. The van der Waals surface area contributed by atoms with Gasteiger partial charge in [0, 0.05) is 37.8 Å². The minimum Gasteiger partial charge on any atom is -0.379 e. The van der Waals surface area contributed by atoms with E-state index in [0.717, 1.165) is 62.7 Å². The van der Waals surface area contributed by atoms with Gasteiger partial charge in [-0.1, -0.05) is 12.1 Å². The summed E-state index contributed by atoms with van der Waals surface area (Å²) >= 11 is 0. The van der Waals surface area contributed by atoms with E-state index < -0.39 is 0 Å². The van der Waals surface area contributed by atoms with Crippen molar-refractivity contribution in [3.63, 3.8) is 0 Å². The Morgan fingerprint density at radius 3 is 2.27 bits per heavy atom. The molecule has 3 aliphatic heterocycles. The summed E-state index contributed by atoms with van der Waals surface area (Å²) in [6.45, 7) is 5.60. The molecular weight excluding hydrogens is 324 g/mol. The van der Waals surface area contributed by atoms with E-state index in [1.165, 1.54) is 37.7 Å². The highest BCUT2D eigenvalue weighted by Crippen LogP contribution is 2.47. The van der Waals surface area contributed by atoms with Crippen LogP contribution in [-0.4, -0.2) is 54.6 Å². The first-order valence-electron chi connectivity index (χ1n) is 10.4. The van der Waals surface area contributed by atoms with Crippen molar-refractivity contribution in [1.29, 1.82) is 0 Å². The smallest absolute Gasteiger partial charge is 0.254 e. The third-order valence-corrected chi connectivity index (χ3v) is 7.08. The largest absolute Gasteiger partial charge is 0.379 e. The Labute approximate surface area is 156 Å². The van der Waals surface area contributed by atoms with Crippen molar-refractivity contribution in [1.82, 2.24) is 9.80 Å². The van der Waals surface area contributed by atoms with Gasteiger partial charge in [0.25, 0.3) is 5.91 Å². The molecule has 1 aromatic rings. The van der Waals surface area contributed by atoms with Crippen molar-refractivity contribution >= 4 is 5.91 Å². The van der Waals surface area contributed by atoms with Crippen LogP contribution in [0.15, 0.2) is 24.3 Å². The predicted molar refractivity (Wildman–Crippen MR) is 101 cm³/mol. The predicted octanol–water partition coefficient (Wildman–Crippen LogP) is 3.17. The Hall–Kier alpha value is -1.39. The van der Waals surface area contributed by atoms with Crippen LogP contribution in [0, 0.1) is 17.8 Å². The van der Waals surface area contributed by atoms with E-state index >= 15 is 0 Å². The van der Waals surface area contributed by atoms with Crippen molar-refractivity contribution in [2.24, 2.45) is 17.8 Å². The van der Waals surface area contributed by atoms with Crippen molar-refractivity contribution in [2.75, 3.05) is 32.8 Å². The fraction of sp³-hybridized carbons (Fsp3) is 0.682. The van der Waals surface area contributed by atoms with E-state index in [4.69, 9.17) is 4.74 Å². The van der Waals surface area contributed by atoms with Gasteiger partial charge in [0.15, 0.2) is 0 Å². The number of amides is 1. The molecule has 3 heterocycles. The van der Waals surface area contributed by atoms with E-state index in [-0.39, 0.29) is 5.91 Å². The first kappa shape index (κ1) is 16.8. The minimum absolute atomic E-state index is 0.265.